The standard InChI is InChI=1S/C10H13FN2O2/c1-6-8(11)10(14)13-9(12-6)7-2-4-15-5-3-7/h7H,2-5H2,1H3,(H,12,13,14). The normalized spacial score (nSPS) is 18.0. The molecule has 1 saturated heterocycles. The summed E-state index contributed by atoms with van der Waals surface area (Å²) in [5.74, 6) is -0.0150. The van der Waals surface area contributed by atoms with Gasteiger partial charge in [-0.1, -0.05) is 0 Å². The zero-order valence-electron chi connectivity index (χ0n) is 8.55. The summed E-state index contributed by atoms with van der Waals surface area (Å²) in [4.78, 5) is 17.8. The number of hydrogen-bond acceptors (Lipinski definition) is 3. The zero-order valence-corrected chi connectivity index (χ0v) is 8.55. The van der Waals surface area contributed by atoms with Gasteiger partial charge in [-0.05, 0) is 19.8 Å². The second kappa shape index (κ2) is 4.10. The topological polar surface area (TPSA) is 55.0 Å². The minimum atomic E-state index is -0.786. The van der Waals surface area contributed by atoms with Crippen molar-refractivity contribution < 1.29 is 9.13 Å². The number of nitrogens with zero attached hydrogens (tertiary/aromatic N) is 1. The summed E-state index contributed by atoms with van der Waals surface area (Å²) in [5, 5.41) is 0. The van der Waals surface area contributed by atoms with E-state index in [1.807, 2.05) is 0 Å². The summed E-state index contributed by atoms with van der Waals surface area (Å²) < 4.78 is 18.3. The van der Waals surface area contributed by atoms with Gasteiger partial charge in [0.15, 0.2) is 0 Å². The van der Waals surface area contributed by atoms with Crippen molar-refractivity contribution in [3.63, 3.8) is 0 Å². The number of aryl methyl sites for hydroxylation is 1. The maximum Gasteiger partial charge on any atom is 0.287 e. The minimum absolute atomic E-state index is 0.167. The van der Waals surface area contributed by atoms with Crippen molar-refractivity contribution in [3.05, 3.63) is 27.7 Å². The Morgan fingerprint density at radius 1 is 1.47 bits per heavy atom. The minimum Gasteiger partial charge on any atom is -0.381 e. The van der Waals surface area contributed by atoms with E-state index in [1.54, 1.807) is 0 Å². The first-order valence-corrected chi connectivity index (χ1v) is 5.02. The average Bonchev–Trinajstić information content (AvgIpc) is 2.26. The molecule has 15 heavy (non-hydrogen) atoms. The van der Waals surface area contributed by atoms with Crippen LogP contribution in [0.25, 0.3) is 0 Å². The molecule has 0 aliphatic carbocycles. The predicted octanol–water partition coefficient (Wildman–Crippen LogP) is 1.11. The van der Waals surface area contributed by atoms with Crippen LogP contribution in [-0.2, 0) is 4.74 Å². The number of rotatable bonds is 1. The largest absolute Gasteiger partial charge is 0.381 e. The maximum absolute atomic E-state index is 13.0. The molecule has 0 unspecified atom stereocenters. The Labute approximate surface area is 86.5 Å². The van der Waals surface area contributed by atoms with Crippen LogP contribution in [0.5, 0.6) is 0 Å². The van der Waals surface area contributed by atoms with Crippen LogP contribution in [0.2, 0.25) is 0 Å². The molecule has 0 saturated carbocycles. The number of aromatic amines is 1. The third-order valence-corrected chi connectivity index (χ3v) is 2.65. The molecule has 1 fully saturated rings. The SMILES string of the molecule is Cc1nc(C2CCOCC2)[nH]c(=O)c1F. The second-order valence-corrected chi connectivity index (χ2v) is 3.74. The van der Waals surface area contributed by atoms with Crippen molar-refractivity contribution in [1.29, 1.82) is 0 Å². The molecule has 82 valence electrons. The second-order valence-electron chi connectivity index (χ2n) is 3.74. The molecule has 0 amide bonds. The Hall–Kier alpha value is -1.23. The van der Waals surface area contributed by atoms with Gasteiger partial charge < -0.3 is 9.72 Å². The molecule has 2 heterocycles. The first-order valence-electron chi connectivity index (χ1n) is 5.02. The molecule has 2 rings (SSSR count). The molecule has 1 aromatic heterocycles. The van der Waals surface area contributed by atoms with Gasteiger partial charge in [0.2, 0.25) is 5.82 Å². The molecule has 0 aromatic carbocycles. The lowest BCUT2D eigenvalue weighted by atomic mass is 9.99. The third-order valence-electron chi connectivity index (χ3n) is 2.65. The van der Waals surface area contributed by atoms with Gasteiger partial charge in [0, 0.05) is 19.1 Å². The van der Waals surface area contributed by atoms with Gasteiger partial charge in [0.05, 0.1) is 5.69 Å². The number of ether oxygens (including phenoxy) is 1. The van der Waals surface area contributed by atoms with Gasteiger partial charge in [-0.25, -0.2) is 4.98 Å². The number of H-pyrrole nitrogens is 1. The number of nitrogens with one attached hydrogen (secondary N) is 1. The van der Waals surface area contributed by atoms with E-state index in [4.69, 9.17) is 4.74 Å². The summed E-state index contributed by atoms with van der Waals surface area (Å²) in [6.45, 7) is 2.85. The van der Waals surface area contributed by atoms with Crippen molar-refractivity contribution in [2.24, 2.45) is 0 Å². The molecule has 1 N–H and O–H groups in total. The van der Waals surface area contributed by atoms with Gasteiger partial charge in [0.25, 0.3) is 5.56 Å². The molecule has 5 heteroatoms. The van der Waals surface area contributed by atoms with Gasteiger partial charge in [-0.2, -0.15) is 4.39 Å². The van der Waals surface area contributed by atoms with E-state index in [2.05, 4.69) is 9.97 Å². The maximum atomic E-state index is 13.0. The molecule has 0 bridgehead atoms. The summed E-state index contributed by atoms with van der Waals surface area (Å²) >= 11 is 0. The van der Waals surface area contributed by atoms with Crippen LogP contribution in [0, 0.1) is 12.7 Å². The van der Waals surface area contributed by atoms with E-state index in [0.29, 0.717) is 19.0 Å². The molecule has 1 aromatic rings. The molecular formula is C10H13FN2O2. The highest BCUT2D eigenvalue weighted by Crippen LogP contribution is 2.23. The van der Waals surface area contributed by atoms with Crippen LogP contribution in [0.15, 0.2) is 4.79 Å². The molecule has 0 spiro atoms. The Kier molecular flexibility index (Phi) is 2.81. The van der Waals surface area contributed by atoms with Crippen LogP contribution in [0.4, 0.5) is 4.39 Å². The predicted molar refractivity (Wildman–Crippen MR) is 52.3 cm³/mol. The van der Waals surface area contributed by atoms with Crippen LogP contribution < -0.4 is 5.56 Å². The highest BCUT2D eigenvalue weighted by Gasteiger charge is 2.19. The Bertz CT molecular complexity index is 410. The Balaban J connectivity index is 2.32. The summed E-state index contributed by atoms with van der Waals surface area (Å²) in [6, 6.07) is 0. The number of hydrogen-bond donors (Lipinski definition) is 1. The summed E-state index contributed by atoms with van der Waals surface area (Å²) in [6.07, 6.45) is 1.65. The van der Waals surface area contributed by atoms with Crippen LogP contribution in [0.3, 0.4) is 0 Å². The Morgan fingerprint density at radius 2 is 2.13 bits per heavy atom. The van der Waals surface area contributed by atoms with E-state index in [-0.39, 0.29) is 11.6 Å². The van der Waals surface area contributed by atoms with Crippen molar-refractivity contribution in [2.75, 3.05) is 13.2 Å². The first kappa shape index (κ1) is 10.3. The van der Waals surface area contributed by atoms with E-state index < -0.39 is 11.4 Å². The van der Waals surface area contributed by atoms with Crippen molar-refractivity contribution in [3.8, 4) is 0 Å². The van der Waals surface area contributed by atoms with Gasteiger partial charge in [-0.15, -0.1) is 0 Å². The number of halogens is 1. The van der Waals surface area contributed by atoms with E-state index >= 15 is 0 Å². The molecule has 0 atom stereocenters. The number of aromatic nitrogens is 2. The van der Waals surface area contributed by atoms with Crippen LogP contribution in [0.1, 0.15) is 30.3 Å². The van der Waals surface area contributed by atoms with Crippen LogP contribution >= 0.6 is 0 Å². The van der Waals surface area contributed by atoms with Crippen molar-refractivity contribution in [1.82, 2.24) is 9.97 Å². The molecule has 0 radical (unpaired) electrons. The average molecular weight is 212 g/mol. The van der Waals surface area contributed by atoms with Crippen molar-refractivity contribution >= 4 is 0 Å². The lowest BCUT2D eigenvalue weighted by molar-refractivity contribution is 0.0834. The smallest absolute Gasteiger partial charge is 0.287 e. The molecule has 4 nitrogen and oxygen atoms in total. The highest BCUT2D eigenvalue weighted by molar-refractivity contribution is 5.07. The summed E-state index contributed by atoms with van der Waals surface area (Å²) in [7, 11) is 0. The van der Waals surface area contributed by atoms with Gasteiger partial charge in [-0.3, -0.25) is 4.79 Å². The monoisotopic (exact) mass is 212 g/mol. The van der Waals surface area contributed by atoms with Gasteiger partial charge >= 0.3 is 0 Å². The quantitative estimate of drug-likeness (QED) is 0.758. The highest BCUT2D eigenvalue weighted by atomic mass is 19.1. The fourth-order valence-electron chi connectivity index (χ4n) is 1.76. The molecule has 1 aliphatic rings. The third kappa shape index (κ3) is 2.07. The molecular weight excluding hydrogens is 199 g/mol. The van der Waals surface area contributed by atoms with E-state index in [9.17, 15) is 9.18 Å². The fraction of sp³-hybridized carbons (Fsp3) is 0.600. The van der Waals surface area contributed by atoms with E-state index in [0.717, 1.165) is 12.8 Å². The van der Waals surface area contributed by atoms with Gasteiger partial charge in [0.1, 0.15) is 5.82 Å². The lowest BCUT2D eigenvalue weighted by Gasteiger charge is -2.21. The fourth-order valence-corrected chi connectivity index (χ4v) is 1.76. The molecule has 1 aliphatic heterocycles. The lowest BCUT2D eigenvalue weighted by Crippen LogP contribution is -2.23. The van der Waals surface area contributed by atoms with Crippen LogP contribution in [-0.4, -0.2) is 23.2 Å². The summed E-state index contributed by atoms with van der Waals surface area (Å²) in [5.41, 5.74) is -0.510. The zero-order chi connectivity index (χ0) is 10.8. The Morgan fingerprint density at radius 3 is 2.73 bits per heavy atom. The van der Waals surface area contributed by atoms with Crippen molar-refractivity contribution in [2.45, 2.75) is 25.7 Å². The van der Waals surface area contributed by atoms with E-state index in [1.165, 1.54) is 6.92 Å². The first-order chi connectivity index (χ1) is 7.18.